The van der Waals surface area contributed by atoms with Crippen LogP contribution in [0.5, 0.6) is 5.88 Å². The lowest BCUT2D eigenvalue weighted by atomic mass is 10.2. The normalized spacial score (nSPS) is 10.0. The molecule has 0 saturated heterocycles. The Morgan fingerprint density at radius 1 is 1.32 bits per heavy atom. The van der Waals surface area contributed by atoms with Crippen molar-refractivity contribution in [2.45, 2.75) is 0 Å². The van der Waals surface area contributed by atoms with Gasteiger partial charge in [0, 0.05) is 36.2 Å². The number of nitrogens with zero attached hydrogens (tertiary/aromatic N) is 2. The molecule has 130 valence electrons. The number of ether oxygens (including phenoxy) is 1. The van der Waals surface area contributed by atoms with Gasteiger partial charge in [-0.1, -0.05) is 6.58 Å². The first-order valence-corrected chi connectivity index (χ1v) is 7.56. The molecule has 0 aliphatic heterocycles. The van der Waals surface area contributed by atoms with Gasteiger partial charge in [0.05, 0.1) is 6.61 Å². The zero-order valence-corrected chi connectivity index (χ0v) is 13.8. The third kappa shape index (κ3) is 4.89. The van der Waals surface area contributed by atoms with Crippen LogP contribution in [0, 0.1) is 0 Å². The third-order valence-corrected chi connectivity index (χ3v) is 3.36. The van der Waals surface area contributed by atoms with E-state index in [1.807, 2.05) is 0 Å². The lowest BCUT2D eigenvalue weighted by Gasteiger charge is -2.15. The van der Waals surface area contributed by atoms with E-state index in [9.17, 15) is 9.59 Å². The predicted molar refractivity (Wildman–Crippen MR) is 94.8 cm³/mol. The number of aliphatic hydroxyl groups is 1. The Morgan fingerprint density at radius 2 is 2.04 bits per heavy atom. The van der Waals surface area contributed by atoms with Gasteiger partial charge >= 0.3 is 0 Å². The fraction of sp³-hybridized carbons (Fsp3) is 0.167. The van der Waals surface area contributed by atoms with Crippen molar-refractivity contribution in [2.24, 2.45) is 0 Å². The average molecular weight is 341 g/mol. The summed E-state index contributed by atoms with van der Waals surface area (Å²) in [7, 11) is 1.63. The monoisotopic (exact) mass is 341 g/mol. The van der Waals surface area contributed by atoms with Gasteiger partial charge < -0.3 is 20.1 Å². The summed E-state index contributed by atoms with van der Waals surface area (Å²) < 4.78 is 5.20. The van der Waals surface area contributed by atoms with Gasteiger partial charge in [-0.3, -0.25) is 9.59 Å². The molecule has 0 spiro atoms. The molecule has 7 heteroatoms. The van der Waals surface area contributed by atoms with Crippen molar-refractivity contribution in [2.75, 3.05) is 30.5 Å². The Morgan fingerprint density at radius 3 is 2.68 bits per heavy atom. The number of benzene rings is 1. The van der Waals surface area contributed by atoms with Gasteiger partial charge in [0.1, 0.15) is 6.61 Å². The number of anilines is 2. The zero-order valence-electron chi connectivity index (χ0n) is 13.8. The molecule has 0 fully saturated rings. The zero-order chi connectivity index (χ0) is 18.2. The minimum Gasteiger partial charge on any atom is -0.475 e. The largest absolute Gasteiger partial charge is 0.475 e. The smallest absolute Gasteiger partial charge is 0.255 e. The first kappa shape index (κ1) is 18.2. The Hall–Kier alpha value is -3.19. The van der Waals surface area contributed by atoms with Crippen LogP contribution < -0.4 is 15.0 Å². The van der Waals surface area contributed by atoms with E-state index >= 15 is 0 Å². The summed E-state index contributed by atoms with van der Waals surface area (Å²) in [5.41, 5.74) is 1.62. The van der Waals surface area contributed by atoms with E-state index < -0.39 is 0 Å². The Balaban J connectivity index is 2.06. The molecule has 2 N–H and O–H groups in total. The van der Waals surface area contributed by atoms with Gasteiger partial charge in [-0.25, -0.2) is 4.98 Å². The van der Waals surface area contributed by atoms with Crippen molar-refractivity contribution in [3.05, 3.63) is 60.8 Å². The lowest BCUT2D eigenvalue weighted by Crippen LogP contribution is -2.23. The van der Waals surface area contributed by atoms with Crippen molar-refractivity contribution in [3.63, 3.8) is 0 Å². The molecular weight excluding hydrogens is 322 g/mol. The van der Waals surface area contributed by atoms with E-state index in [1.54, 1.807) is 43.4 Å². The van der Waals surface area contributed by atoms with Crippen LogP contribution >= 0.6 is 0 Å². The second kappa shape index (κ2) is 8.60. The molecule has 0 atom stereocenters. The molecule has 1 heterocycles. The summed E-state index contributed by atoms with van der Waals surface area (Å²) >= 11 is 0. The van der Waals surface area contributed by atoms with Crippen LogP contribution in [0.3, 0.4) is 0 Å². The number of carbonyl (C=O) groups is 2. The number of amides is 2. The van der Waals surface area contributed by atoms with Crippen molar-refractivity contribution in [1.29, 1.82) is 0 Å². The van der Waals surface area contributed by atoms with Crippen molar-refractivity contribution in [3.8, 4) is 5.88 Å². The Bertz CT molecular complexity index is 759. The molecular formula is C18H19N3O4. The molecule has 2 aromatic rings. The first-order valence-electron chi connectivity index (χ1n) is 7.56. The minimum absolute atomic E-state index is 0.118. The summed E-state index contributed by atoms with van der Waals surface area (Å²) in [4.78, 5) is 29.3. The molecule has 25 heavy (non-hydrogen) atoms. The number of rotatable bonds is 7. The molecule has 2 amide bonds. The fourth-order valence-electron chi connectivity index (χ4n) is 2.02. The Kier molecular flexibility index (Phi) is 6.25. The number of aromatic nitrogens is 1. The first-order chi connectivity index (χ1) is 12.0. The number of pyridine rings is 1. The van der Waals surface area contributed by atoms with Gasteiger partial charge in [-0.15, -0.1) is 0 Å². The number of likely N-dealkylation sites (N-methyl/N-ethyl adjacent to an activating group) is 1. The van der Waals surface area contributed by atoms with Gasteiger partial charge in [0.2, 0.25) is 11.8 Å². The molecule has 7 nitrogen and oxygen atoms in total. The number of carbonyl (C=O) groups excluding carboxylic acids is 2. The molecule has 1 aromatic heterocycles. The predicted octanol–water partition coefficient (Wildman–Crippen LogP) is 1.85. The lowest BCUT2D eigenvalue weighted by molar-refractivity contribution is -0.113. The van der Waals surface area contributed by atoms with Gasteiger partial charge in [0.25, 0.3) is 5.91 Å². The summed E-state index contributed by atoms with van der Waals surface area (Å²) in [6.45, 7) is 3.45. The van der Waals surface area contributed by atoms with E-state index in [0.29, 0.717) is 22.8 Å². The van der Waals surface area contributed by atoms with Crippen molar-refractivity contribution >= 4 is 23.2 Å². The maximum absolute atomic E-state index is 12.3. The summed E-state index contributed by atoms with van der Waals surface area (Å²) in [6.07, 6.45) is 2.72. The van der Waals surface area contributed by atoms with Gasteiger partial charge in [-0.2, -0.15) is 0 Å². The SMILES string of the molecule is C=CC(=O)N(C)c1ccc(C(=O)Nc2ccnc(OCCO)c2)cc1. The van der Waals surface area contributed by atoms with E-state index in [-0.39, 0.29) is 25.0 Å². The fourth-order valence-corrected chi connectivity index (χ4v) is 2.02. The van der Waals surface area contributed by atoms with Crippen molar-refractivity contribution in [1.82, 2.24) is 4.98 Å². The highest BCUT2D eigenvalue weighted by atomic mass is 16.5. The van der Waals surface area contributed by atoms with Crippen LogP contribution in [0.25, 0.3) is 0 Å². The highest BCUT2D eigenvalue weighted by Gasteiger charge is 2.10. The third-order valence-electron chi connectivity index (χ3n) is 3.36. The molecule has 0 saturated carbocycles. The molecule has 0 aliphatic rings. The van der Waals surface area contributed by atoms with Crippen LogP contribution in [0.1, 0.15) is 10.4 Å². The number of hydrogen-bond acceptors (Lipinski definition) is 5. The maximum Gasteiger partial charge on any atom is 0.255 e. The van der Waals surface area contributed by atoms with E-state index in [0.717, 1.165) is 0 Å². The highest BCUT2D eigenvalue weighted by Crippen LogP contribution is 2.17. The van der Waals surface area contributed by atoms with Crippen molar-refractivity contribution < 1.29 is 19.4 Å². The van der Waals surface area contributed by atoms with Crippen LogP contribution in [0.2, 0.25) is 0 Å². The Labute approximate surface area is 145 Å². The topological polar surface area (TPSA) is 91.8 Å². The summed E-state index contributed by atoms with van der Waals surface area (Å²) in [6, 6.07) is 9.81. The number of nitrogens with one attached hydrogen (secondary N) is 1. The molecule has 2 rings (SSSR count). The molecule has 0 bridgehead atoms. The second-order valence-corrected chi connectivity index (χ2v) is 5.06. The molecule has 1 aromatic carbocycles. The number of hydrogen-bond donors (Lipinski definition) is 2. The second-order valence-electron chi connectivity index (χ2n) is 5.06. The minimum atomic E-state index is -0.302. The maximum atomic E-state index is 12.3. The molecule has 0 radical (unpaired) electrons. The quantitative estimate of drug-likeness (QED) is 0.750. The van der Waals surface area contributed by atoms with Gasteiger partial charge in [-0.05, 0) is 36.4 Å². The van der Waals surface area contributed by atoms with Gasteiger partial charge in [0.15, 0.2) is 0 Å². The van der Waals surface area contributed by atoms with Crippen LogP contribution in [0.4, 0.5) is 11.4 Å². The van der Waals surface area contributed by atoms with Crippen LogP contribution in [0.15, 0.2) is 55.3 Å². The molecule has 0 aliphatic carbocycles. The van der Waals surface area contributed by atoms with Crippen LogP contribution in [-0.4, -0.2) is 42.2 Å². The summed E-state index contributed by atoms with van der Waals surface area (Å²) in [5, 5.41) is 11.5. The highest BCUT2D eigenvalue weighted by molar-refractivity contribution is 6.05. The van der Waals surface area contributed by atoms with E-state index in [2.05, 4.69) is 16.9 Å². The summed E-state index contributed by atoms with van der Waals surface area (Å²) in [5.74, 6) is -0.222. The van der Waals surface area contributed by atoms with E-state index in [1.165, 1.54) is 17.2 Å². The van der Waals surface area contributed by atoms with E-state index in [4.69, 9.17) is 9.84 Å². The molecule has 0 unspecified atom stereocenters. The standard InChI is InChI=1S/C18H19N3O4/c1-3-17(23)21(2)15-6-4-13(5-7-15)18(24)20-14-8-9-19-16(12-14)25-11-10-22/h3-9,12,22H,1,10-11H2,2H3,(H,19,20,24). The average Bonchev–Trinajstić information content (AvgIpc) is 2.65. The van der Waals surface area contributed by atoms with Crippen LogP contribution in [-0.2, 0) is 4.79 Å². The number of aliphatic hydroxyl groups excluding tert-OH is 1.